The molecule has 7 nitrogen and oxygen atoms in total. The van der Waals surface area contributed by atoms with Crippen molar-refractivity contribution < 1.29 is 25.1 Å². The number of hydrogen-bond donors (Lipinski definition) is 1. The zero-order valence-corrected chi connectivity index (χ0v) is 23.0. The van der Waals surface area contributed by atoms with Crippen molar-refractivity contribution in [2.45, 2.75) is 51.5 Å². The van der Waals surface area contributed by atoms with Crippen LogP contribution >= 0.6 is 0 Å². The van der Waals surface area contributed by atoms with Crippen LogP contribution in [0.2, 0.25) is 0 Å². The lowest BCUT2D eigenvalue weighted by Gasteiger charge is -2.34. The largest absolute Gasteiger partial charge is 0.493 e. The molecule has 1 aliphatic heterocycles. The van der Waals surface area contributed by atoms with E-state index in [-0.39, 0.29) is 27.9 Å². The number of carbonyl (C=O) groups excluding carboxylic acids is 1. The Balaban J connectivity index is 1.83. The van der Waals surface area contributed by atoms with Crippen LogP contribution in [0.3, 0.4) is 0 Å². The minimum Gasteiger partial charge on any atom is -0.493 e. The van der Waals surface area contributed by atoms with Crippen LogP contribution in [0.5, 0.6) is 5.75 Å². The molecule has 1 aromatic heterocycles. The van der Waals surface area contributed by atoms with Crippen LogP contribution in [-0.2, 0) is 10.0 Å². The van der Waals surface area contributed by atoms with Crippen LogP contribution in [-0.4, -0.2) is 38.0 Å². The highest BCUT2D eigenvalue weighted by Crippen LogP contribution is 2.38. The summed E-state index contributed by atoms with van der Waals surface area (Å²) >= 11 is 0. The first-order chi connectivity index (χ1) is 18.6. The van der Waals surface area contributed by atoms with E-state index in [1.807, 2.05) is 27.7 Å². The zero-order chi connectivity index (χ0) is 29.5. The molecule has 1 aliphatic rings. The molecule has 0 bridgehead atoms. The lowest BCUT2D eigenvalue weighted by Crippen LogP contribution is -2.41. The Hall–Kier alpha value is -3.46. The van der Waals surface area contributed by atoms with Gasteiger partial charge >= 0.3 is 0 Å². The fourth-order valence-electron chi connectivity index (χ4n) is 4.48. The van der Waals surface area contributed by atoms with E-state index in [2.05, 4.69) is 9.71 Å². The third kappa shape index (κ3) is 6.15. The molecule has 2 heterocycles. The molecule has 3 aromatic rings. The Bertz CT molecular complexity index is 1510. The summed E-state index contributed by atoms with van der Waals surface area (Å²) in [6.45, 7) is 7.88. The molecule has 1 saturated heterocycles. The average molecular weight is 542 g/mol. The first-order valence-corrected chi connectivity index (χ1v) is 14.0. The minimum absolute atomic E-state index is 0.0356. The average Bonchev–Trinajstić information content (AvgIpc) is 3.03. The van der Waals surface area contributed by atoms with Crippen molar-refractivity contribution in [3.05, 3.63) is 72.0 Å². The Labute approximate surface area is 226 Å². The topological polar surface area (TPSA) is 88.6 Å². The molecule has 1 atom stereocenters. The number of carbonyl (C=O) groups is 1. The smallest absolute Gasteiger partial charge is 0.268 e. The van der Waals surface area contributed by atoms with Crippen molar-refractivity contribution in [1.29, 1.82) is 0 Å². The van der Waals surface area contributed by atoms with Crippen molar-refractivity contribution in [3.8, 4) is 17.0 Å². The SMILES string of the molecule is [2H]C1([2H])[C@@H](C)CC(C)(C)N1c1nc(-c2cc(F)cc(OCC(C)C)c2)ccc1C(=O)NS(=O)(=O)c1ccccc1. The van der Waals surface area contributed by atoms with Crippen molar-refractivity contribution in [2.24, 2.45) is 11.8 Å². The molecular weight excluding hydrogens is 505 g/mol. The van der Waals surface area contributed by atoms with E-state index in [9.17, 15) is 17.6 Å². The van der Waals surface area contributed by atoms with Crippen molar-refractivity contribution in [2.75, 3.05) is 18.0 Å². The molecule has 1 N–H and O–H groups in total. The van der Waals surface area contributed by atoms with E-state index in [0.717, 1.165) is 0 Å². The molecule has 0 spiro atoms. The van der Waals surface area contributed by atoms with Crippen LogP contribution < -0.4 is 14.4 Å². The monoisotopic (exact) mass is 541 g/mol. The van der Waals surface area contributed by atoms with E-state index in [4.69, 9.17) is 7.48 Å². The number of amides is 1. The zero-order valence-electron chi connectivity index (χ0n) is 24.2. The third-order valence-corrected chi connectivity index (χ3v) is 7.47. The molecule has 0 aliphatic carbocycles. The second-order valence-corrected chi connectivity index (χ2v) is 12.3. The quantitative estimate of drug-likeness (QED) is 0.396. The highest BCUT2D eigenvalue weighted by atomic mass is 32.2. The summed E-state index contributed by atoms with van der Waals surface area (Å²) in [5.74, 6) is -1.41. The predicted molar refractivity (Wildman–Crippen MR) is 146 cm³/mol. The number of nitrogens with one attached hydrogen (secondary N) is 1. The molecule has 0 radical (unpaired) electrons. The number of ether oxygens (including phenoxy) is 1. The lowest BCUT2D eigenvalue weighted by atomic mass is 9.97. The number of anilines is 1. The molecule has 0 unspecified atom stereocenters. The number of benzene rings is 2. The third-order valence-electron chi connectivity index (χ3n) is 6.12. The van der Waals surface area contributed by atoms with E-state index >= 15 is 0 Å². The van der Waals surface area contributed by atoms with Crippen molar-refractivity contribution in [1.82, 2.24) is 9.71 Å². The fraction of sp³-hybridized carbons (Fsp3) is 0.379. The summed E-state index contributed by atoms with van der Waals surface area (Å²) in [6.07, 6.45) is 0.461. The molecule has 38 heavy (non-hydrogen) atoms. The van der Waals surface area contributed by atoms with Gasteiger partial charge in [0.1, 0.15) is 17.4 Å². The number of hydrogen-bond acceptors (Lipinski definition) is 6. The van der Waals surface area contributed by atoms with E-state index in [1.54, 1.807) is 31.2 Å². The second kappa shape index (κ2) is 10.7. The number of sulfonamides is 1. The number of aromatic nitrogens is 1. The van der Waals surface area contributed by atoms with E-state index in [0.29, 0.717) is 24.3 Å². The Morgan fingerprint density at radius 3 is 2.55 bits per heavy atom. The molecule has 202 valence electrons. The maximum atomic E-state index is 14.6. The molecule has 0 saturated carbocycles. The summed E-state index contributed by atoms with van der Waals surface area (Å²) in [5, 5.41) is 0. The highest BCUT2D eigenvalue weighted by molar-refractivity contribution is 7.90. The van der Waals surface area contributed by atoms with Gasteiger partial charge < -0.3 is 9.64 Å². The number of halogens is 1. The van der Waals surface area contributed by atoms with Gasteiger partial charge in [0.15, 0.2) is 0 Å². The Kier molecular flexibility index (Phi) is 7.02. The molecule has 2 aromatic carbocycles. The highest BCUT2D eigenvalue weighted by Gasteiger charge is 2.39. The predicted octanol–water partition coefficient (Wildman–Crippen LogP) is 5.67. The van der Waals surface area contributed by atoms with Gasteiger partial charge in [-0.1, -0.05) is 39.0 Å². The fourth-order valence-corrected chi connectivity index (χ4v) is 5.47. The van der Waals surface area contributed by atoms with Gasteiger partial charge in [0, 0.05) is 26.4 Å². The number of rotatable bonds is 8. The van der Waals surface area contributed by atoms with Gasteiger partial charge in [-0.2, -0.15) is 0 Å². The van der Waals surface area contributed by atoms with Crippen LogP contribution in [0.15, 0.2) is 65.6 Å². The molecule has 4 rings (SSSR count). The summed E-state index contributed by atoms with van der Waals surface area (Å²) in [4.78, 5) is 19.5. The lowest BCUT2D eigenvalue weighted by molar-refractivity contribution is 0.0981. The number of pyridine rings is 1. The van der Waals surface area contributed by atoms with Gasteiger partial charge in [0.05, 0.1) is 22.8 Å². The van der Waals surface area contributed by atoms with Gasteiger partial charge in [-0.15, -0.1) is 0 Å². The molecule has 9 heteroatoms. The van der Waals surface area contributed by atoms with Gasteiger partial charge in [-0.3, -0.25) is 4.79 Å². The molecule has 1 fully saturated rings. The molecule has 1 amide bonds. The summed E-state index contributed by atoms with van der Waals surface area (Å²) in [5.41, 5.74) is -0.246. The van der Waals surface area contributed by atoms with Gasteiger partial charge in [0.2, 0.25) is 0 Å². The maximum absolute atomic E-state index is 14.6. The van der Waals surface area contributed by atoms with Gasteiger partial charge in [0.25, 0.3) is 15.9 Å². The molecular formula is C29H34FN3O4S. The second-order valence-electron chi connectivity index (χ2n) is 10.6. The van der Waals surface area contributed by atoms with E-state index < -0.39 is 39.7 Å². The van der Waals surface area contributed by atoms with Crippen LogP contribution in [0.25, 0.3) is 11.3 Å². The first kappa shape index (κ1) is 24.9. The van der Waals surface area contributed by atoms with E-state index in [1.165, 1.54) is 41.3 Å². The van der Waals surface area contributed by atoms with Crippen molar-refractivity contribution in [3.63, 3.8) is 0 Å². The standard InChI is InChI=1S/C29H34FN3O4S/c1-19(2)18-37-23-14-21(13-22(30)15-23)26-12-11-25(27(31-26)33-17-20(3)16-29(33,4)5)28(34)32-38(35,36)24-9-7-6-8-10-24/h6-15,19-20H,16-18H2,1-5H3,(H,32,34)/t20-/m0/s1/i17D2. The van der Waals surface area contributed by atoms with Crippen LogP contribution in [0, 0.1) is 17.7 Å². The van der Waals surface area contributed by atoms with Gasteiger partial charge in [-0.25, -0.2) is 22.5 Å². The number of nitrogens with zero attached hydrogens (tertiary/aromatic N) is 2. The minimum atomic E-state index is -4.21. The normalized spacial score (nSPS) is 19.1. The van der Waals surface area contributed by atoms with Crippen molar-refractivity contribution >= 4 is 21.7 Å². The van der Waals surface area contributed by atoms with Crippen LogP contribution in [0.4, 0.5) is 10.2 Å². The summed E-state index contributed by atoms with van der Waals surface area (Å²) in [7, 11) is -4.21. The van der Waals surface area contributed by atoms with Gasteiger partial charge in [-0.05, 0) is 68.5 Å². The van der Waals surface area contributed by atoms with Crippen LogP contribution in [0.1, 0.15) is 54.1 Å². The Morgan fingerprint density at radius 2 is 1.92 bits per heavy atom. The first-order valence-electron chi connectivity index (χ1n) is 13.5. The summed E-state index contributed by atoms with van der Waals surface area (Å²) in [6, 6.07) is 14.5. The maximum Gasteiger partial charge on any atom is 0.268 e. The Morgan fingerprint density at radius 1 is 1.21 bits per heavy atom. The summed E-state index contributed by atoms with van der Waals surface area (Å²) < 4.78 is 66.0.